The average molecular weight is 425 g/mol. The van der Waals surface area contributed by atoms with Crippen molar-refractivity contribution in [2.75, 3.05) is 18.4 Å². The Hall–Kier alpha value is -2.63. The number of anilines is 1. The number of amides is 2. The predicted molar refractivity (Wildman–Crippen MR) is 118 cm³/mol. The van der Waals surface area contributed by atoms with Gasteiger partial charge in [0.25, 0.3) is 5.91 Å². The molecule has 3 aromatic rings. The summed E-state index contributed by atoms with van der Waals surface area (Å²) in [7, 11) is 0. The molecule has 1 N–H and O–H groups in total. The molecule has 1 fully saturated rings. The predicted octanol–water partition coefficient (Wildman–Crippen LogP) is 5.56. The molecule has 4 rings (SSSR count). The largest absolute Gasteiger partial charge is 0.338 e. The standard InChI is InChI=1S/C23H21ClN2O2S/c24-19-8-10-20(11-9-19)25-22(27)18-6-2-12-26(15-18)23(28)17-5-1-4-16(14-17)21-7-3-13-29-21/h1,3-5,7-11,13-14,18H,2,6,12,15H2,(H,25,27). The van der Waals surface area contributed by atoms with Crippen LogP contribution in [0.25, 0.3) is 10.4 Å². The molecule has 1 atom stereocenters. The van der Waals surface area contributed by atoms with Gasteiger partial charge in [-0.05, 0) is 66.2 Å². The summed E-state index contributed by atoms with van der Waals surface area (Å²) in [6.07, 6.45) is 1.59. The van der Waals surface area contributed by atoms with Gasteiger partial charge in [-0.2, -0.15) is 0 Å². The summed E-state index contributed by atoms with van der Waals surface area (Å²) in [6, 6.07) is 18.8. The lowest BCUT2D eigenvalue weighted by molar-refractivity contribution is -0.121. The van der Waals surface area contributed by atoms with E-state index in [9.17, 15) is 9.59 Å². The third-order valence-electron chi connectivity index (χ3n) is 5.11. The Morgan fingerprint density at radius 2 is 1.90 bits per heavy atom. The van der Waals surface area contributed by atoms with Gasteiger partial charge in [-0.25, -0.2) is 0 Å². The highest BCUT2D eigenvalue weighted by Crippen LogP contribution is 2.27. The van der Waals surface area contributed by atoms with Crippen molar-refractivity contribution < 1.29 is 9.59 Å². The molecular weight excluding hydrogens is 404 g/mol. The van der Waals surface area contributed by atoms with Gasteiger partial charge in [0.1, 0.15) is 0 Å². The van der Waals surface area contributed by atoms with Crippen molar-refractivity contribution in [3.63, 3.8) is 0 Å². The number of hydrogen-bond acceptors (Lipinski definition) is 3. The van der Waals surface area contributed by atoms with Crippen LogP contribution in [-0.4, -0.2) is 29.8 Å². The minimum atomic E-state index is -0.219. The van der Waals surface area contributed by atoms with E-state index in [-0.39, 0.29) is 17.7 Å². The normalized spacial score (nSPS) is 16.4. The molecule has 1 aromatic heterocycles. The van der Waals surface area contributed by atoms with Crippen LogP contribution in [0, 0.1) is 5.92 Å². The van der Waals surface area contributed by atoms with Crippen LogP contribution in [0.1, 0.15) is 23.2 Å². The van der Waals surface area contributed by atoms with E-state index in [0.717, 1.165) is 23.3 Å². The number of hydrogen-bond donors (Lipinski definition) is 1. The van der Waals surface area contributed by atoms with Crippen molar-refractivity contribution in [1.29, 1.82) is 0 Å². The molecule has 0 radical (unpaired) electrons. The number of benzene rings is 2. The molecule has 29 heavy (non-hydrogen) atoms. The van der Waals surface area contributed by atoms with Gasteiger partial charge in [-0.15, -0.1) is 11.3 Å². The van der Waals surface area contributed by atoms with E-state index >= 15 is 0 Å². The van der Waals surface area contributed by atoms with Gasteiger partial charge >= 0.3 is 0 Å². The molecule has 0 spiro atoms. The highest BCUT2D eigenvalue weighted by molar-refractivity contribution is 7.13. The fraction of sp³-hybridized carbons (Fsp3) is 0.217. The maximum Gasteiger partial charge on any atom is 0.253 e. The lowest BCUT2D eigenvalue weighted by atomic mass is 9.96. The zero-order chi connectivity index (χ0) is 20.2. The Balaban J connectivity index is 1.44. The number of halogens is 1. The summed E-state index contributed by atoms with van der Waals surface area (Å²) in [5.41, 5.74) is 2.42. The first kappa shape index (κ1) is 19.7. The minimum absolute atomic E-state index is 0.0209. The van der Waals surface area contributed by atoms with Gasteiger partial charge in [-0.3, -0.25) is 9.59 Å². The van der Waals surface area contributed by atoms with Crippen molar-refractivity contribution >= 4 is 40.4 Å². The van der Waals surface area contributed by atoms with Gasteiger partial charge in [0.2, 0.25) is 5.91 Å². The van der Waals surface area contributed by atoms with Crippen LogP contribution in [0.5, 0.6) is 0 Å². The summed E-state index contributed by atoms with van der Waals surface area (Å²) in [4.78, 5) is 28.7. The van der Waals surface area contributed by atoms with Gasteiger partial charge in [-0.1, -0.05) is 29.8 Å². The molecule has 2 heterocycles. The zero-order valence-electron chi connectivity index (χ0n) is 15.8. The van der Waals surface area contributed by atoms with E-state index in [1.54, 1.807) is 40.5 Å². The number of nitrogens with zero attached hydrogens (tertiary/aromatic N) is 1. The molecule has 148 valence electrons. The number of thiophene rings is 1. The average Bonchev–Trinajstić information content (AvgIpc) is 3.30. The molecule has 2 amide bonds. The molecule has 1 aliphatic heterocycles. The van der Waals surface area contributed by atoms with Crippen LogP contribution in [-0.2, 0) is 4.79 Å². The van der Waals surface area contributed by atoms with Crippen molar-refractivity contribution in [3.05, 3.63) is 76.6 Å². The summed E-state index contributed by atoms with van der Waals surface area (Å²) >= 11 is 7.55. The SMILES string of the molecule is O=C(Nc1ccc(Cl)cc1)C1CCCN(C(=O)c2cccc(-c3cccs3)c2)C1. The molecule has 1 unspecified atom stereocenters. The van der Waals surface area contributed by atoms with E-state index in [0.29, 0.717) is 29.4 Å². The second-order valence-electron chi connectivity index (χ2n) is 7.14. The highest BCUT2D eigenvalue weighted by Gasteiger charge is 2.29. The van der Waals surface area contributed by atoms with E-state index in [2.05, 4.69) is 5.32 Å². The fourth-order valence-electron chi connectivity index (χ4n) is 3.58. The quantitative estimate of drug-likeness (QED) is 0.596. The number of likely N-dealkylation sites (tertiary alicyclic amines) is 1. The van der Waals surface area contributed by atoms with Crippen LogP contribution in [0.4, 0.5) is 5.69 Å². The number of carbonyl (C=O) groups is 2. The second kappa shape index (κ2) is 8.80. The Morgan fingerprint density at radius 3 is 2.66 bits per heavy atom. The lowest BCUT2D eigenvalue weighted by Gasteiger charge is -2.32. The topological polar surface area (TPSA) is 49.4 Å². The van der Waals surface area contributed by atoms with Crippen molar-refractivity contribution in [2.24, 2.45) is 5.92 Å². The Kier molecular flexibility index (Phi) is 5.97. The summed E-state index contributed by atoms with van der Waals surface area (Å²) < 4.78 is 0. The molecule has 4 nitrogen and oxygen atoms in total. The lowest BCUT2D eigenvalue weighted by Crippen LogP contribution is -2.43. The van der Waals surface area contributed by atoms with Crippen molar-refractivity contribution in [2.45, 2.75) is 12.8 Å². The van der Waals surface area contributed by atoms with E-state index in [1.165, 1.54) is 0 Å². The minimum Gasteiger partial charge on any atom is -0.338 e. The summed E-state index contributed by atoms with van der Waals surface area (Å²) in [5, 5.41) is 5.58. The summed E-state index contributed by atoms with van der Waals surface area (Å²) in [5.74, 6) is -0.298. The smallest absolute Gasteiger partial charge is 0.253 e. The molecule has 2 aromatic carbocycles. The van der Waals surface area contributed by atoms with Crippen LogP contribution in [0.15, 0.2) is 66.0 Å². The third-order valence-corrected chi connectivity index (χ3v) is 6.28. The number of carbonyl (C=O) groups excluding carboxylic acids is 2. The molecule has 0 aliphatic carbocycles. The molecule has 6 heteroatoms. The van der Waals surface area contributed by atoms with Crippen molar-refractivity contribution in [1.82, 2.24) is 4.90 Å². The second-order valence-corrected chi connectivity index (χ2v) is 8.53. The van der Waals surface area contributed by atoms with Gasteiger partial charge in [0, 0.05) is 34.2 Å². The number of piperidine rings is 1. The van der Waals surface area contributed by atoms with Gasteiger partial charge in [0.15, 0.2) is 0 Å². The van der Waals surface area contributed by atoms with Crippen LogP contribution in [0.3, 0.4) is 0 Å². The first-order valence-corrected chi connectivity index (χ1v) is 10.9. The van der Waals surface area contributed by atoms with E-state index < -0.39 is 0 Å². The van der Waals surface area contributed by atoms with Gasteiger partial charge in [0.05, 0.1) is 5.92 Å². The number of rotatable bonds is 4. The molecule has 0 bridgehead atoms. The maximum atomic E-state index is 13.1. The fourth-order valence-corrected chi connectivity index (χ4v) is 4.43. The molecule has 1 aliphatic rings. The zero-order valence-corrected chi connectivity index (χ0v) is 17.4. The number of nitrogens with one attached hydrogen (secondary N) is 1. The summed E-state index contributed by atoms with van der Waals surface area (Å²) in [6.45, 7) is 1.11. The Labute approximate surface area is 179 Å². The Morgan fingerprint density at radius 1 is 1.07 bits per heavy atom. The van der Waals surface area contributed by atoms with Crippen LogP contribution >= 0.6 is 22.9 Å². The maximum absolute atomic E-state index is 13.1. The van der Waals surface area contributed by atoms with E-state index in [1.807, 2.05) is 41.8 Å². The monoisotopic (exact) mass is 424 g/mol. The molecule has 0 saturated carbocycles. The molecular formula is C23H21ClN2O2S. The van der Waals surface area contributed by atoms with Gasteiger partial charge < -0.3 is 10.2 Å². The first-order valence-electron chi connectivity index (χ1n) is 9.60. The van der Waals surface area contributed by atoms with Crippen LogP contribution in [0.2, 0.25) is 5.02 Å². The Bertz CT molecular complexity index is 1000. The van der Waals surface area contributed by atoms with Crippen molar-refractivity contribution in [3.8, 4) is 10.4 Å². The molecule has 1 saturated heterocycles. The highest BCUT2D eigenvalue weighted by atomic mass is 35.5. The first-order chi connectivity index (χ1) is 14.1. The van der Waals surface area contributed by atoms with E-state index in [4.69, 9.17) is 11.6 Å². The van der Waals surface area contributed by atoms with Crippen LogP contribution < -0.4 is 5.32 Å². The third kappa shape index (κ3) is 4.69.